The second-order valence-electron chi connectivity index (χ2n) is 2.78. The van der Waals surface area contributed by atoms with Gasteiger partial charge in [0.15, 0.2) is 0 Å². The molecule has 0 amide bonds. The van der Waals surface area contributed by atoms with E-state index in [9.17, 15) is 26.3 Å². The van der Waals surface area contributed by atoms with E-state index in [1.54, 1.807) is 0 Å². The fourth-order valence-electron chi connectivity index (χ4n) is 0.747. The summed E-state index contributed by atoms with van der Waals surface area (Å²) in [5, 5.41) is -3.66. The van der Waals surface area contributed by atoms with Gasteiger partial charge in [-0.2, -0.15) is 26.3 Å². The van der Waals surface area contributed by atoms with Crippen molar-refractivity contribution in [1.29, 1.82) is 0 Å². The van der Waals surface area contributed by atoms with E-state index in [-0.39, 0.29) is 0 Å². The van der Waals surface area contributed by atoms with E-state index in [2.05, 4.69) is 35.2 Å². The van der Waals surface area contributed by atoms with E-state index < -0.39 is 27.9 Å². The molecular weight excluding hydrogens is 290 g/mol. The molecule has 0 aromatic heterocycles. The minimum Gasteiger partial charge on any atom is -0.759 e. The molecule has 10 heteroatoms. The molecule has 0 rings (SSSR count). The highest BCUT2D eigenvalue weighted by molar-refractivity contribution is 7.78. The van der Waals surface area contributed by atoms with Crippen molar-refractivity contribution in [2.45, 2.75) is 17.8 Å². The van der Waals surface area contributed by atoms with Gasteiger partial charge in [-0.25, -0.2) is 0 Å². The normalized spacial score (nSPS) is 16.2. The lowest BCUT2D eigenvalue weighted by Gasteiger charge is -2.37. The maximum Gasteiger partial charge on any atom is 0.379 e. The first-order chi connectivity index (χ1) is 7.46. The Morgan fingerprint density at radius 2 is 1.00 bits per heavy atom. The summed E-state index contributed by atoms with van der Waals surface area (Å²) in [5.41, 5.74) is 0. The smallest absolute Gasteiger partial charge is 0.379 e. The molecule has 0 aliphatic carbocycles. The van der Waals surface area contributed by atoms with Crippen molar-refractivity contribution in [3.05, 3.63) is 0 Å². The highest BCUT2D eigenvalue weighted by atomic mass is 32.1. The molecule has 0 radical (unpaired) electrons. The minimum absolute atomic E-state index is 0.687. The Kier molecular flexibility index (Phi) is 4.74. The van der Waals surface area contributed by atoms with Gasteiger partial charge in [-0.15, -0.1) is 0 Å². The number of rotatable bonds is 4. The molecule has 0 aromatic carbocycles. The number of alkyl halides is 6. The van der Waals surface area contributed by atoms with Crippen molar-refractivity contribution in [3.8, 4) is 0 Å². The molecule has 0 saturated carbocycles. The fraction of sp³-hybridized carbons (Fsp3) is 0.714. The average Bonchev–Trinajstić information content (AvgIpc) is 2.25. The van der Waals surface area contributed by atoms with E-state index >= 15 is 0 Å². The van der Waals surface area contributed by atoms with Crippen LogP contribution in [0.2, 0.25) is 0 Å². The highest BCUT2D eigenvalue weighted by Crippen LogP contribution is 2.46. The Bertz CT molecular complexity index is 320. The van der Waals surface area contributed by atoms with Gasteiger partial charge in [-0.1, -0.05) is 0 Å². The second-order valence-corrected chi connectivity index (χ2v) is 3.55. The van der Waals surface area contributed by atoms with Gasteiger partial charge in [-0.3, -0.25) is 0 Å². The summed E-state index contributed by atoms with van der Waals surface area (Å²) in [5.74, 6) is -16.4. The van der Waals surface area contributed by atoms with Gasteiger partial charge in [0.25, 0.3) is 0 Å². The standard InChI is InChI=1S/C7H8F6N2S2/c1-14-3(16)5(8,9)7(12,13)6(10,11)4(17)15-2/h1-2H3,(H,14,16)(H,15,17)/p-2. The molecule has 0 spiro atoms. The second kappa shape index (κ2) is 4.92. The lowest BCUT2D eigenvalue weighted by Crippen LogP contribution is -2.60. The summed E-state index contributed by atoms with van der Waals surface area (Å²) in [6.07, 6.45) is 0. The first-order valence-electron chi connectivity index (χ1n) is 3.88. The van der Waals surface area contributed by atoms with Gasteiger partial charge in [-0.05, 0) is 10.1 Å². The predicted octanol–water partition coefficient (Wildman–Crippen LogP) is 2.04. The van der Waals surface area contributed by atoms with E-state index in [0.29, 0.717) is 14.1 Å². The van der Waals surface area contributed by atoms with Crippen LogP contribution in [0, 0.1) is 0 Å². The predicted molar refractivity (Wildman–Crippen MR) is 56.3 cm³/mol. The quantitative estimate of drug-likeness (QED) is 0.343. The van der Waals surface area contributed by atoms with Gasteiger partial charge >= 0.3 is 17.8 Å². The SMILES string of the molecule is CN=C([S-])C(F)(F)C(F)(F)C(F)(F)C([S-])=NC. The highest BCUT2D eigenvalue weighted by Gasteiger charge is 2.70. The number of nitrogens with zero attached hydrogens (tertiary/aromatic N) is 2. The molecular formula is C7H6F6N2S2-2. The molecule has 0 saturated heterocycles. The van der Waals surface area contributed by atoms with Crippen LogP contribution in [0.1, 0.15) is 0 Å². The molecule has 0 bridgehead atoms. The van der Waals surface area contributed by atoms with Crippen molar-refractivity contribution >= 4 is 35.3 Å². The molecule has 0 heterocycles. The zero-order chi connectivity index (χ0) is 14.1. The zero-order valence-electron chi connectivity index (χ0n) is 8.48. The maximum absolute atomic E-state index is 13.1. The molecule has 0 unspecified atom stereocenters. The van der Waals surface area contributed by atoms with Gasteiger partial charge in [0.2, 0.25) is 0 Å². The monoisotopic (exact) mass is 296 g/mol. The summed E-state index contributed by atoms with van der Waals surface area (Å²) in [6, 6.07) is 0. The van der Waals surface area contributed by atoms with Gasteiger partial charge in [0.1, 0.15) is 0 Å². The van der Waals surface area contributed by atoms with Gasteiger partial charge in [0.05, 0.1) is 0 Å². The molecule has 0 atom stereocenters. The summed E-state index contributed by atoms with van der Waals surface area (Å²) in [7, 11) is 1.37. The van der Waals surface area contributed by atoms with Crippen molar-refractivity contribution in [3.63, 3.8) is 0 Å². The van der Waals surface area contributed by atoms with E-state index in [1.807, 2.05) is 0 Å². The molecule has 0 aromatic rings. The lowest BCUT2D eigenvalue weighted by molar-refractivity contribution is -0.254. The largest absolute Gasteiger partial charge is 0.759 e. The van der Waals surface area contributed by atoms with E-state index in [1.165, 1.54) is 0 Å². The van der Waals surface area contributed by atoms with Crippen LogP contribution in [0.4, 0.5) is 26.3 Å². The Hall–Kier alpha value is -0.640. The Balaban J connectivity index is 5.71. The molecule has 0 aliphatic heterocycles. The van der Waals surface area contributed by atoms with Crippen molar-refractivity contribution in [1.82, 2.24) is 0 Å². The topological polar surface area (TPSA) is 24.7 Å². The van der Waals surface area contributed by atoms with Crippen LogP contribution in [-0.2, 0) is 25.3 Å². The molecule has 0 aliphatic rings. The first-order valence-corrected chi connectivity index (χ1v) is 4.70. The molecule has 2 nitrogen and oxygen atoms in total. The van der Waals surface area contributed by atoms with Crippen molar-refractivity contribution in [2.75, 3.05) is 14.1 Å². The molecule has 0 fully saturated rings. The van der Waals surface area contributed by atoms with Gasteiger partial charge in [0, 0.05) is 14.1 Å². The summed E-state index contributed by atoms with van der Waals surface area (Å²) in [6.45, 7) is 0. The molecule has 100 valence electrons. The number of hydrogen-bond acceptors (Lipinski definition) is 4. The van der Waals surface area contributed by atoms with Crippen LogP contribution in [-0.4, -0.2) is 42.0 Å². The van der Waals surface area contributed by atoms with Crippen LogP contribution in [0.25, 0.3) is 0 Å². The summed E-state index contributed by atoms with van der Waals surface area (Å²) < 4.78 is 78.2. The lowest BCUT2D eigenvalue weighted by atomic mass is 10.1. The van der Waals surface area contributed by atoms with Gasteiger partial charge < -0.3 is 35.2 Å². The third kappa shape index (κ3) is 2.46. The van der Waals surface area contributed by atoms with Crippen LogP contribution in [0.3, 0.4) is 0 Å². The number of halogens is 6. The van der Waals surface area contributed by atoms with E-state index in [0.717, 1.165) is 0 Å². The van der Waals surface area contributed by atoms with Crippen molar-refractivity contribution in [2.24, 2.45) is 9.98 Å². The molecule has 0 N–H and O–H groups in total. The number of aliphatic imine (C=N–C) groups is 2. The maximum atomic E-state index is 13.1. The summed E-state index contributed by atoms with van der Waals surface area (Å²) in [4.78, 5) is 5.24. The van der Waals surface area contributed by atoms with Crippen LogP contribution in [0.5, 0.6) is 0 Å². The fourth-order valence-corrected chi connectivity index (χ4v) is 1.00. The summed E-state index contributed by atoms with van der Waals surface area (Å²) >= 11 is 7.65. The number of hydrogen-bond donors (Lipinski definition) is 0. The molecule has 17 heavy (non-hydrogen) atoms. The van der Waals surface area contributed by atoms with Crippen LogP contribution < -0.4 is 0 Å². The third-order valence-electron chi connectivity index (χ3n) is 1.73. The van der Waals surface area contributed by atoms with E-state index in [4.69, 9.17) is 0 Å². The van der Waals surface area contributed by atoms with Crippen LogP contribution in [0.15, 0.2) is 9.98 Å². The minimum atomic E-state index is -5.80. The Morgan fingerprint density at radius 3 is 1.18 bits per heavy atom. The third-order valence-corrected chi connectivity index (χ3v) is 2.61. The van der Waals surface area contributed by atoms with Crippen LogP contribution >= 0.6 is 0 Å². The first kappa shape index (κ1) is 16.4. The zero-order valence-corrected chi connectivity index (χ0v) is 10.1. The Morgan fingerprint density at radius 1 is 0.765 bits per heavy atom. The van der Waals surface area contributed by atoms with Crippen molar-refractivity contribution < 1.29 is 26.3 Å². The average molecular weight is 296 g/mol. The Labute approximate surface area is 104 Å².